The van der Waals surface area contributed by atoms with Crippen LogP contribution in [0.5, 0.6) is 0 Å². The summed E-state index contributed by atoms with van der Waals surface area (Å²) in [6, 6.07) is 36.1. The lowest BCUT2D eigenvalue weighted by Gasteiger charge is -2.14. The Morgan fingerprint density at radius 2 is 1.26 bits per heavy atom. The van der Waals surface area contributed by atoms with Gasteiger partial charge in [0.05, 0.1) is 0 Å². The number of hydrogen-bond acceptors (Lipinski definition) is 0. The molecule has 129 valence electrons. The highest BCUT2D eigenvalue weighted by Gasteiger charge is 2.24. The van der Waals surface area contributed by atoms with Crippen LogP contribution in [0.4, 0.5) is 0 Å². The van der Waals surface area contributed by atoms with Crippen molar-refractivity contribution in [2.75, 3.05) is 0 Å². The molecule has 0 spiro atoms. The lowest BCUT2D eigenvalue weighted by atomic mass is 9.90. The Labute approximate surface area is 161 Å². The van der Waals surface area contributed by atoms with E-state index in [0.717, 1.165) is 19.3 Å². The minimum atomic E-state index is 0.975. The summed E-state index contributed by atoms with van der Waals surface area (Å²) in [5.41, 5.74) is 11.2. The molecule has 0 aliphatic heterocycles. The molecule has 27 heavy (non-hydrogen) atoms. The lowest BCUT2D eigenvalue weighted by Crippen LogP contribution is -1.99. The fraction of sp³-hybridized carbons (Fsp3) is 0.111. The fourth-order valence-corrected chi connectivity index (χ4v) is 4.25. The summed E-state index contributed by atoms with van der Waals surface area (Å²) in [6.07, 6.45) is 2.96. The topological polar surface area (TPSA) is 0 Å². The van der Waals surface area contributed by atoms with Crippen molar-refractivity contribution < 1.29 is 0 Å². The van der Waals surface area contributed by atoms with E-state index in [4.69, 9.17) is 0 Å². The number of benzene rings is 4. The van der Waals surface area contributed by atoms with Crippen molar-refractivity contribution in [3.63, 3.8) is 0 Å². The van der Waals surface area contributed by atoms with Crippen LogP contribution in [-0.2, 0) is 19.3 Å². The molecular formula is C27H21. The van der Waals surface area contributed by atoms with E-state index in [-0.39, 0.29) is 0 Å². The molecule has 0 amide bonds. The van der Waals surface area contributed by atoms with Crippen LogP contribution in [-0.4, -0.2) is 0 Å². The molecule has 0 aromatic heterocycles. The van der Waals surface area contributed by atoms with Crippen molar-refractivity contribution >= 4 is 0 Å². The molecule has 0 N–H and O–H groups in total. The molecule has 0 heteroatoms. The highest BCUT2D eigenvalue weighted by Crippen LogP contribution is 2.41. The molecule has 0 fully saturated rings. The van der Waals surface area contributed by atoms with Crippen LogP contribution >= 0.6 is 0 Å². The van der Waals surface area contributed by atoms with Crippen molar-refractivity contribution in [1.82, 2.24) is 0 Å². The first-order valence-corrected chi connectivity index (χ1v) is 9.60. The van der Waals surface area contributed by atoms with E-state index in [9.17, 15) is 0 Å². The van der Waals surface area contributed by atoms with Gasteiger partial charge in [-0.2, -0.15) is 0 Å². The normalized spacial score (nSPS) is 11.9. The molecule has 0 saturated carbocycles. The molecule has 0 nitrogen and oxygen atoms in total. The van der Waals surface area contributed by atoms with Crippen LogP contribution in [0.25, 0.3) is 11.1 Å². The van der Waals surface area contributed by atoms with Crippen molar-refractivity contribution in [3.8, 4) is 11.1 Å². The highest BCUT2D eigenvalue weighted by molar-refractivity contribution is 5.81. The first-order chi connectivity index (χ1) is 13.4. The minimum absolute atomic E-state index is 0.975. The average molecular weight is 345 g/mol. The summed E-state index contributed by atoms with van der Waals surface area (Å²) in [5.74, 6) is 0. The zero-order valence-corrected chi connectivity index (χ0v) is 15.3. The third kappa shape index (κ3) is 3.08. The van der Waals surface area contributed by atoms with Crippen LogP contribution in [0.3, 0.4) is 0 Å². The number of rotatable bonds is 4. The van der Waals surface area contributed by atoms with E-state index < -0.39 is 0 Å². The van der Waals surface area contributed by atoms with Crippen molar-refractivity contribution in [2.45, 2.75) is 19.3 Å². The summed E-state index contributed by atoms with van der Waals surface area (Å²) in [7, 11) is 0. The van der Waals surface area contributed by atoms with Gasteiger partial charge in [-0.3, -0.25) is 0 Å². The molecule has 0 atom stereocenters. The standard InChI is InChI=1S/C27H21/c1-3-9-20(10-4-1)17-23-15-16-24(18-21-11-5-2-6-12-21)27-25-14-8-7-13-22(25)19-26(23)27/h1-12,14-16H,17-19H2. The first-order valence-electron chi connectivity index (χ1n) is 9.60. The van der Waals surface area contributed by atoms with E-state index in [1.54, 1.807) is 0 Å². The van der Waals surface area contributed by atoms with Gasteiger partial charge < -0.3 is 0 Å². The highest BCUT2D eigenvalue weighted by atomic mass is 14.3. The fourth-order valence-electron chi connectivity index (χ4n) is 4.25. The van der Waals surface area contributed by atoms with Gasteiger partial charge in [0.25, 0.3) is 0 Å². The number of hydrogen-bond donors (Lipinski definition) is 0. The summed E-state index contributed by atoms with van der Waals surface area (Å²) in [4.78, 5) is 0. The monoisotopic (exact) mass is 345 g/mol. The van der Waals surface area contributed by atoms with Gasteiger partial charge in [0, 0.05) is 0 Å². The first kappa shape index (κ1) is 16.1. The maximum atomic E-state index is 3.48. The predicted molar refractivity (Wildman–Crippen MR) is 112 cm³/mol. The van der Waals surface area contributed by atoms with E-state index in [1.807, 2.05) is 6.07 Å². The number of fused-ring (bicyclic) bond motifs is 3. The van der Waals surface area contributed by atoms with Crippen LogP contribution in [0, 0.1) is 6.07 Å². The molecule has 1 radical (unpaired) electrons. The van der Waals surface area contributed by atoms with Gasteiger partial charge in [0.2, 0.25) is 0 Å². The van der Waals surface area contributed by atoms with Crippen molar-refractivity contribution in [3.05, 3.63) is 130 Å². The second kappa shape index (κ2) is 6.89. The summed E-state index contributed by atoms with van der Waals surface area (Å²) < 4.78 is 0. The zero-order chi connectivity index (χ0) is 18.1. The van der Waals surface area contributed by atoms with Gasteiger partial charge in [0.1, 0.15) is 0 Å². The van der Waals surface area contributed by atoms with Crippen LogP contribution < -0.4 is 0 Å². The molecule has 4 aromatic rings. The SMILES string of the molecule is [c]1cccc2c1Cc1c(Cc3ccccc3)ccc(Cc3ccccc3)c1-2. The second-order valence-electron chi connectivity index (χ2n) is 7.30. The van der Waals surface area contributed by atoms with Gasteiger partial charge in [-0.25, -0.2) is 0 Å². The van der Waals surface area contributed by atoms with Gasteiger partial charge >= 0.3 is 0 Å². The Morgan fingerprint density at radius 1 is 0.630 bits per heavy atom. The Bertz CT molecular complexity index is 1080. The molecule has 1 aliphatic rings. The van der Waals surface area contributed by atoms with Gasteiger partial charge in [0.15, 0.2) is 0 Å². The largest absolute Gasteiger partial charge is 0.0622 e. The van der Waals surface area contributed by atoms with Crippen molar-refractivity contribution in [2.24, 2.45) is 0 Å². The van der Waals surface area contributed by atoms with E-state index >= 15 is 0 Å². The summed E-state index contributed by atoms with van der Waals surface area (Å²) >= 11 is 0. The average Bonchev–Trinajstić information content (AvgIpc) is 3.12. The Balaban J connectivity index is 1.61. The Hall–Kier alpha value is -3.12. The molecule has 0 heterocycles. The lowest BCUT2D eigenvalue weighted by molar-refractivity contribution is 1.10. The van der Waals surface area contributed by atoms with E-state index in [0.29, 0.717) is 0 Å². The van der Waals surface area contributed by atoms with Crippen LogP contribution in [0.2, 0.25) is 0 Å². The smallest absolute Gasteiger partial charge is 0.000432 e. The molecule has 0 bridgehead atoms. The van der Waals surface area contributed by atoms with Crippen LogP contribution in [0.15, 0.2) is 91.0 Å². The summed E-state index contributed by atoms with van der Waals surface area (Å²) in [6.45, 7) is 0. The third-order valence-corrected chi connectivity index (χ3v) is 5.54. The second-order valence-corrected chi connectivity index (χ2v) is 7.30. The molecule has 4 aromatic carbocycles. The molecular weight excluding hydrogens is 324 g/mol. The maximum Gasteiger partial charge on any atom is -0.000432 e. The van der Waals surface area contributed by atoms with Gasteiger partial charge in [-0.15, -0.1) is 0 Å². The zero-order valence-electron chi connectivity index (χ0n) is 15.3. The third-order valence-electron chi connectivity index (χ3n) is 5.54. The molecule has 5 rings (SSSR count). The maximum absolute atomic E-state index is 3.48. The van der Waals surface area contributed by atoms with Crippen molar-refractivity contribution in [1.29, 1.82) is 0 Å². The van der Waals surface area contributed by atoms with E-state index in [1.165, 1.54) is 44.5 Å². The molecule has 0 saturated heterocycles. The molecule has 0 unspecified atom stereocenters. The summed E-state index contributed by atoms with van der Waals surface area (Å²) in [5, 5.41) is 0. The Kier molecular flexibility index (Phi) is 4.10. The van der Waals surface area contributed by atoms with Gasteiger partial charge in [-0.05, 0) is 69.8 Å². The predicted octanol–water partition coefficient (Wildman–Crippen LogP) is 6.24. The van der Waals surface area contributed by atoms with Crippen LogP contribution in [0.1, 0.15) is 33.4 Å². The quantitative estimate of drug-likeness (QED) is 0.362. The minimum Gasteiger partial charge on any atom is -0.0622 e. The Morgan fingerprint density at radius 3 is 1.96 bits per heavy atom. The van der Waals surface area contributed by atoms with Gasteiger partial charge in [-0.1, -0.05) is 91.0 Å². The molecule has 1 aliphatic carbocycles. The van der Waals surface area contributed by atoms with E-state index in [2.05, 4.69) is 91.0 Å².